The minimum atomic E-state index is -1.10. The van der Waals surface area contributed by atoms with Gasteiger partial charge in [-0.1, -0.05) is 60.7 Å². The normalized spacial score (nSPS) is 11.8. The summed E-state index contributed by atoms with van der Waals surface area (Å²) in [5.74, 6) is -1.52. The number of carbonyl (C=O) groups is 3. The van der Waals surface area contributed by atoms with Gasteiger partial charge in [-0.3, -0.25) is 4.79 Å². The molecule has 10 nitrogen and oxygen atoms in total. The maximum absolute atomic E-state index is 11.7. The summed E-state index contributed by atoms with van der Waals surface area (Å²) in [7, 11) is 1.31. The van der Waals surface area contributed by atoms with E-state index in [0.717, 1.165) is 16.8 Å². The van der Waals surface area contributed by atoms with E-state index in [9.17, 15) is 19.5 Å². The zero-order valence-corrected chi connectivity index (χ0v) is 18.7. The molecule has 2 aromatic carbocycles. The number of aromatic nitrogens is 2. The van der Waals surface area contributed by atoms with Gasteiger partial charge in [0.15, 0.2) is 0 Å². The van der Waals surface area contributed by atoms with E-state index in [0.29, 0.717) is 6.42 Å². The lowest BCUT2D eigenvalue weighted by atomic mass is 10.1. The van der Waals surface area contributed by atoms with Gasteiger partial charge in [-0.05, 0) is 11.1 Å². The number of esters is 1. The molecule has 5 N–H and O–H groups in total. The number of carboxylic acids is 1. The largest absolute Gasteiger partial charge is 0.480 e. The van der Waals surface area contributed by atoms with E-state index >= 15 is 0 Å². The van der Waals surface area contributed by atoms with E-state index in [-0.39, 0.29) is 13.0 Å². The molecule has 0 aliphatic heterocycles. The number of carboxylic acid groups (broad SMARTS) is 1. The molecule has 0 fully saturated rings. The molecule has 180 valence electrons. The third kappa shape index (κ3) is 9.53. The molecule has 3 rings (SSSR count). The van der Waals surface area contributed by atoms with Gasteiger partial charge in [0.1, 0.15) is 18.7 Å². The second-order valence-corrected chi connectivity index (χ2v) is 7.18. The highest BCUT2D eigenvalue weighted by Gasteiger charge is 2.21. The number of amides is 1. The molecule has 0 saturated heterocycles. The number of hydrogen-bond donors (Lipinski definition) is 4. The molecule has 1 aromatic heterocycles. The molecule has 3 aromatic rings. The van der Waals surface area contributed by atoms with Crippen molar-refractivity contribution in [2.75, 3.05) is 7.11 Å². The Kier molecular flexibility index (Phi) is 10.8. The number of methoxy groups -OCH3 is 1. The summed E-state index contributed by atoms with van der Waals surface area (Å²) in [5.41, 5.74) is 7.92. The molecular weight excluding hydrogens is 440 g/mol. The fraction of sp³-hybridized carbons (Fsp3) is 0.250. The molecule has 10 heteroatoms. The van der Waals surface area contributed by atoms with Gasteiger partial charge in [0.2, 0.25) is 0 Å². The third-order valence-corrected chi connectivity index (χ3v) is 4.57. The number of imidazole rings is 1. The zero-order valence-electron chi connectivity index (χ0n) is 18.7. The Labute approximate surface area is 197 Å². The lowest BCUT2D eigenvalue weighted by molar-refractivity contribution is -0.142. The van der Waals surface area contributed by atoms with Crippen molar-refractivity contribution in [3.05, 3.63) is 90.0 Å². The first kappa shape index (κ1) is 26.1. The Hall–Kier alpha value is -4.18. The first-order valence-electron chi connectivity index (χ1n) is 10.4. The molecule has 0 unspecified atom stereocenters. The number of nitrogens with zero attached hydrogens (tertiary/aromatic N) is 1. The molecule has 1 heterocycles. The number of aromatic amines is 1. The lowest BCUT2D eigenvalue weighted by Crippen LogP contribution is -2.42. The van der Waals surface area contributed by atoms with E-state index in [1.165, 1.54) is 7.11 Å². The van der Waals surface area contributed by atoms with Crippen molar-refractivity contribution >= 4 is 18.0 Å². The van der Waals surface area contributed by atoms with Gasteiger partial charge in [0.25, 0.3) is 0 Å². The molecule has 0 aliphatic rings. The van der Waals surface area contributed by atoms with Crippen LogP contribution in [0, 0.1) is 0 Å². The van der Waals surface area contributed by atoms with E-state index in [1.54, 1.807) is 12.5 Å². The van der Waals surface area contributed by atoms with Crippen LogP contribution in [0.25, 0.3) is 0 Å². The summed E-state index contributed by atoms with van der Waals surface area (Å²) in [4.78, 5) is 40.5. The van der Waals surface area contributed by atoms with Crippen molar-refractivity contribution in [1.29, 1.82) is 0 Å². The topological polar surface area (TPSA) is 157 Å². The van der Waals surface area contributed by atoms with Gasteiger partial charge >= 0.3 is 18.0 Å². The van der Waals surface area contributed by atoms with Crippen molar-refractivity contribution in [2.24, 2.45) is 5.73 Å². The maximum Gasteiger partial charge on any atom is 0.408 e. The molecule has 0 bridgehead atoms. The number of hydrogen-bond acceptors (Lipinski definition) is 7. The van der Waals surface area contributed by atoms with Gasteiger partial charge in [-0.2, -0.15) is 0 Å². The van der Waals surface area contributed by atoms with Gasteiger partial charge in [0, 0.05) is 19.0 Å². The quantitative estimate of drug-likeness (QED) is 0.348. The van der Waals surface area contributed by atoms with E-state index < -0.39 is 30.1 Å². The van der Waals surface area contributed by atoms with Gasteiger partial charge in [0.05, 0.1) is 19.1 Å². The van der Waals surface area contributed by atoms with Crippen LogP contribution < -0.4 is 11.1 Å². The number of nitrogens with one attached hydrogen (secondary N) is 2. The van der Waals surface area contributed by atoms with Crippen molar-refractivity contribution in [1.82, 2.24) is 15.3 Å². The Balaban J connectivity index is 0.000000287. The summed E-state index contributed by atoms with van der Waals surface area (Å²) in [5, 5.41) is 11.6. The minimum absolute atomic E-state index is 0.102. The molecule has 2 atom stereocenters. The highest BCUT2D eigenvalue weighted by atomic mass is 16.5. The number of nitrogens with two attached hydrogens (primary N) is 1. The lowest BCUT2D eigenvalue weighted by Gasteiger charge is -2.14. The third-order valence-electron chi connectivity index (χ3n) is 4.57. The van der Waals surface area contributed by atoms with Gasteiger partial charge in [-0.15, -0.1) is 0 Å². The molecule has 34 heavy (non-hydrogen) atoms. The summed E-state index contributed by atoms with van der Waals surface area (Å²) in [6.45, 7) is 0.102. The second-order valence-electron chi connectivity index (χ2n) is 7.18. The van der Waals surface area contributed by atoms with Crippen LogP contribution in [0.2, 0.25) is 0 Å². The maximum atomic E-state index is 11.7. The van der Waals surface area contributed by atoms with Crippen LogP contribution in [-0.4, -0.2) is 52.3 Å². The monoisotopic (exact) mass is 468 g/mol. The summed E-state index contributed by atoms with van der Waals surface area (Å²) >= 11 is 0. The van der Waals surface area contributed by atoms with Crippen molar-refractivity contribution in [2.45, 2.75) is 31.5 Å². The van der Waals surface area contributed by atoms with Crippen LogP contribution in [0.1, 0.15) is 16.8 Å². The molecule has 0 aliphatic carbocycles. The number of benzene rings is 2. The minimum Gasteiger partial charge on any atom is -0.480 e. The first-order valence-corrected chi connectivity index (χ1v) is 10.4. The zero-order chi connectivity index (χ0) is 24.8. The summed E-state index contributed by atoms with van der Waals surface area (Å²) in [6, 6.07) is 16.7. The summed E-state index contributed by atoms with van der Waals surface area (Å²) < 4.78 is 9.49. The van der Waals surface area contributed by atoms with Crippen LogP contribution >= 0.6 is 0 Å². The number of ether oxygens (including phenoxy) is 2. The Morgan fingerprint density at radius 1 is 1.03 bits per heavy atom. The second kappa shape index (κ2) is 14.1. The number of aliphatic carboxylic acids is 1. The van der Waals surface area contributed by atoms with Crippen molar-refractivity contribution in [3.63, 3.8) is 0 Å². The predicted octanol–water partition coefficient (Wildman–Crippen LogP) is 2.06. The fourth-order valence-corrected chi connectivity index (χ4v) is 2.82. The number of H-pyrrole nitrogens is 1. The number of carbonyl (C=O) groups excluding carboxylic acids is 2. The Morgan fingerprint density at radius 3 is 2.18 bits per heavy atom. The molecular formula is C24H28N4O6. The smallest absolute Gasteiger partial charge is 0.408 e. The van der Waals surface area contributed by atoms with Gasteiger partial charge < -0.3 is 30.6 Å². The first-order chi connectivity index (χ1) is 16.4. The number of alkyl carbamates (subject to hydrolysis) is 1. The van der Waals surface area contributed by atoms with Gasteiger partial charge in [-0.25, -0.2) is 14.6 Å². The SMILES string of the molecule is COC(=O)[C@@H](N)Cc1c[nH]cn1.O=C(N[C@@H](Cc1ccccc1)C(=O)O)OCc1ccccc1. The molecule has 0 spiro atoms. The van der Waals surface area contributed by atoms with E-state index in [1.807, 2.05) is 60.7 Å². The van der Waals surface area contributed by atoms with Crippen molar-refractivity contribution in [3.8, 4) is 0 Å². The summed E-state index contributed by atoms with van der Waals surface area (Å²) in [6.07, 6.45) is 3.10. The van der Waals surface area contributed by atoms with Crippen molar-refractivity contribution < 1.29 is 29.0 Å². The highest BCUT2D eigenvalue weighted by Crippen LogP contribution is 2.05. The van der Waals surface area contributed by atoms with E-state index in [2.05, 4.69) is 20.0 Å². The van der Waals surface area contributed by atoms with Crippen LogP contribution in [0.4, 0.5) is 4.79 Å². The Morgan fingerprint density at radius 2 is 1.65 bits per heavy atom. The van der Waals surface area contributed by atoms with Crippen LogP contribution in [-0.2, 0) is 38.5 Å². The van der Waals surface area contributed by atoms with Crippen LogP contribution in [0.5, 0.6) is 0 Å². The highest BCUT2D eigenvalue weighted by molar-refractivity contribution is 5.80. The molecule has 0 saturated carbocycles. The molecule has 0 radical (unpaired) electrons. The molecule has 1 amide bonds. The standard InChI is InChI=1S/C17H17NO4.C7H11N3O2/c19-16(20)15(11-13-7-3-1-4-8-13)18-17(21)22-12-14-9-5-2-6-10-14;1-12-7(11)6(8)2-5-3-9-4-10-5/h1-10,15H,11-12H2,(H,18,21)(H,19,20);3-4,6H,2,8H2,1H3,(H,9,10)/t15-;6-/m00/s1. The Bertz CT molecular complexity index is 1010. The van der Waals surface area contributed by atoms with Crippen LogP contribution in [0.3, 0.4) is 0 Å². The fourth-order valence-electron chi connectivity index (χ4n) is 2.82. The van der Waals surface area contributed by atoms with Crippen LogP contribution in [0.15, 0.2) is 73.2 Å². The average Bonchev–Trinajstić information content (AvgIpc) is 3.36. The van der Waals surface area contributed by atoms with E-state index in [4.69, 9.17) is 10.5 Å². The number of rotatable bonds is 9. The predicted molar refractivity (Wildman–Crippen MR) is 124 cm³/mol. The average molecular weight is 469 g/mol.